The van der Waals surface area contributed by atoms with Gasteiger partial charge in [-0.3, -0.25) is 4.79 Å². The van der Waals surface area contributed by atoms with Gasteiger partial charge in [0.1, 0.15) is 11.3 Å². The molecule has 4 rings (SSSR count). The van der Waals surface area contributed by atoms with Crippen LogP contribution in [0.3, 0.4) is 0 Å². The highest BCUT2D eigenvalue weighted by Crippen LogP contribution is 2.30. The average Bonchev–Trinajstić information content (AvgIpc) is 3.19. The standard InChI is InChI=1S/C20H20FN3O3S2/c1-2-29(26,27)15-8-6-14(7-9-15)19(25)23-10-12-24(13-11-23)20-22-18-16(21)4-3-5-17(18)28-20/h3-9H,2,10-13H2,1H3. The lowest BCUT2D eigenvalue weighted by atomic mass is 10.2. The zero-order valence-electron chi connectivity index (χ0n) is 15.8. The van der Waals surface area contributed by atoms with Gasteiger partial charge in [-0.15, -0.1) is 0 Å². The molecular weight excluding hydrogens is 413 g/mol. The van der Waals surface area contributed by atoms with Crippen LogP contribution in [0.15, 0.2) is 47.4 Å². The van der Waals surface area contributed by atoms with Crippen molar-refractivity contribution in [3.05, 3.63) is 53.8 Å². The van der Waals surface area contributed by atoms with Crippen molar-refractivity contribution in [2.24, 2.45) is 0 Å². The van der Waals surface area contributed by atoms with Crippen LogP contribution in [0.25, 0.3) is 10.2 Å². The summed E-state index contributed by atoms with van der Waals surface area (Å²) in [4.78, 5) is 21.2. The second kappa shape index (κ2) is 7.72. The normalized spacial score (nSPS) is 15.1. The molecule has 1 fully saturated rings. The molecule has 152 valence electrons. The summed E-state index contributed by atoms with van der Waals surface area (Å²) < 4.78 is 38.5. The number of carbonyl (C=O) groups is 1. The molecule has 2 heterocycles. The number of thiazole rings is 1. The SMILES string of the molecule is CCS(=O)(=O)c1ccc(C(=O)N2CCN(c3nc4c(F)cccc4s3)CC2)cc1. The molecule has 0 atom stereocenters. The third kappa shape index (κ3) is 3.84. The largest absolute Gasteiger partial charge is 0.345 e. The fourth-order valence-electron chi connectivity index (χ4n) is 3.29. The van der Waals surface area contributed by atoms with E-state index in [4.69, 9.17) is 0 Å². The number of para-hydroxylation sites is 1. The van der Waals surface area contributed by atoms with E-state index >= 15 is 0 Å². The number of hydrogen-bond acceptors (Lipinski definition) is 6. The first-order valence-corrected chi connectivity index (χ1v) is 11.8. The van der Waals surface area contributed by atoms with Gasteiger partial charge in [-0.2, -0.15) is 0 Å². The van der Waals surface area contributed by atoms with Gasteiger partial charge >= 0.3 is 0 Å². The van der Waals surface area contributed by atoms with Crippen LogP contribution in [-0.2, 0) is 9.84 Å². The number of piperazine rings is 1. The van der Waals surface area contributed by atoms with Gasteiger partial charge in [0, 0.05) is 31.7 Å². The number of aromatic nitrogens is 1. The van der Waals surface area contributed by atoms with Gasteiger partial charge in [-0.05, 0) is 36.4 Å². The third-order valence-corrected chi connectivity index (χ3v) is 7.87. The van der Waals surface area contributed by atoms with E-state index in [9.17, 15) is 17.6 Å². The minimum atomic E-state index is -3.28. The molecule has 9 heteroatoms. The van der Waals surface area contributed by atoms with E-state index in [-0.39, 0.29) is 22.4 Å². The van der Waals surface area contributed by atoms with Crippen LogP contribution in [0.1, 0.15) is 17.3 Å². The molecule has 0 bridgehead atoms. The number of amides is 1. The Hall–Kier alpha value is -2.52. The molecule has 0 saturated carbocycles. The number of carbonyl (C=O) groups excluding carboxylic acids is 1. The van der Waals surface area contributed by atoms with Gasteiger partial charge in [-0.1, -0.05) is 24.3 Å². The van der Waals surface area contributed by atoms with Gasteiger partial charge in [0.05, 0.1) is 15.3 Å². The van der Waals surface area contributed by atoms with Crippen molar-refractivity contribution in [1.82, 2.24) is 9.88 Å². The number of anilines is 1. The Balaban J connectivity index is 1.43. The Morgan fingerprint density at radius 1 is 1.10 bits per heavy atom. The molecule has 0 spiro atoms. The quantitative estimate of drug-likeness (QED) is 0.632. The highest BCUT2D eigenvalue weighted by molar-refractivity contribution is 7.91. The van der Waals surface area contributed by atoms with E-state index in [1.54, 1.807) is 30.0 Å². The van der Waals surface area contributed by atoms with Crippen molar-refractivity contribution in [3.63, 3.8) is 0 Å². The molecule has 1 saturated heterocycles. The third-order valence-electron chi connectivity index (χ3n) is 5.04. The van der Waals surface area contributed by atoms with Crippen molar-refractivity contribution in [2.45, 2.75) is 11.8 Å². The molecule has 0 radical (unpaired) electrons. The van der Waals surface area contributed by atoms with Crippen molar-refractivity contribution in [3.8, 4) is 0 Å². The number of nitrogens with zero attached hydrogens (tertiary/aromatic N) is 3. The molecule has 1 aliphatic rings. The van der Waals surface area contributed by atoms with Crippen LogP contribution >= 0.6 is 11.3 Å². The predicted octanol–water partition coefficient (Wildman–Crippen LogP) is 3.19. The van der Waals surface area contributed by atoms with Gasteiger partial charge in [0.25, 0.3) is 5.91 Å². The summed E-state index contributed by atoms with van der Waals surface area (Å²) in [5.74, 6) is -0.425. The summed E-state index contributed by atoms with van der Waals surface area (Å²) in [6, 6.07) is 11.0. The van der Waals surface area contributed by atoms with Crippen LogP contribution < -0.4 is 4.90 Å². The number of fused-ring (bicyclic) bond motifs is 1. The summed E-state index contributed by atoms with van der Waals surface area (Å²) in [7, 11) is -3.28. The zero-order chi connectivity index (χ0) is 20.6. The maximum absolute atomic E-state index is 13.9. The van der Waals surface area contributed by atoms with Crippen molar-refractivity contribution >= 4 is 42.4 Å². The van der Waals surface area contributed by atoms with Gasteiger partial charge in [0.15, 0.2) is 15.0 Å². The molecule has 1 amide bonds. The van der Waals surface area contributed by atoms with Crippen LogP contribution in [0, 0.1) is 5.82 Å². The molecular formula is C20H20FN3O3S2. The highest BCUT2D eigenvalue weighted by atomic mass is 32.2. The van der Waals surface area contributed by atoms with Crippen molar-refractivity contribution < 1.29 is 17.6 Å². The lowest BCUT2D eigenvalue weighted by molar-refractivity contribution is 0.0746. The van der Waals surface area contributed by atoms with E-state index in [1.807, 2.05) is 6.07 Å². The zero-order valence-corrected chi connectivity index (χ0v) is 17.5. The second-order valence-corrected chi connectivity index (χ2v) is 10.1. The average molecular weight is 434 g/mol. The Kier molecular flexibility index (Phi) is 5.26. The van der Waals surface area contributed by atoms with E-state index in [0.717, 1.165) is 9.83 Å². The molecule has 0 N–H and O–H groups in total. The molecule has 6 nitrogen and oxygen atoms in total. The summed E-state index contributed by atoms with van der Waals surface area (Å²) in [5.41, 5.74) is 0.851. The fourth-order valence-corrected chi connectivity index (χ4v) is 5.21. The van der Waals surface area contributed by atoms with Gasteiger partial charge in [0.2, 0.25) is 0 Å². The summed E-state index contributed by atoms with van der Waals surface area (Å²) in [6.07, 6.45) is 0. The molecule has 0 aliphatic carbocycles. The topological polar surface area (TPSA) is 70.6 Å². The van der Waals surface area contributed by atoms with Crippen LogP contribution in [-0.4, -0.2) is 56.1 Å². The summed E-state index contributed by atoms with van der Waals surface area (Å²) in [6.45, 7) is 3.84. The first-order valence-electron chi connectivity index (χ1n) is 9.31. The molecule has 2 aromatic carbocycles. The Morgan fingerprint density at radius 3 is 2.41 bits per heavy atom. The maximum Gasteiger partial charge on any atom is 0.253 e. The van der Waals surface area contributed by atoms with Crippen LogP contribution in [0.5, 0.6) is 0 Å². The first-order chi connectivity index (χ1) is 13.9. The summed E-state index contributed by atoms with van der Waals surface area (Å²) >= 11 is 1.44. The van der Waals surface area contributed by atoms with Crippen molar-refractivity contribution in [2.75, 3.05) is 36.8 Å². The minimum Gasteiger partial charge on any atom is -0.345 e. The molecule has 1 aliphatic heterocycles. The number of halogens is 1. The van der Waals surface area contributed by atoms with Gasteiger partial charge in [-0.25, -0.2) is 17.8 Å². The Labute approximate surface area is 172 Å². The van der Waals surface area contributed by atoms with E-state index < -0.39 is 9.84 Å². The minimum absolute atomic E-state index is 0.0257. The van der Waals surface area contributed by atoms with Crippen molar-refractivity contribution in [1.29, 1.82) is 0 Å². The number of hydrogen-bond donors (Lipinski definition) is 0. The molecule has 0 unspecified atom stereocenters. The monoisotopic (exact) mass is 433 g/mol. The molecule has 3 aromatic rings. The summed E-state index contributed by atoms with van der Waals surface area (Å²) in [5, 5.41) is 0.756. The number of sulfone groups is 1. The Morgan fingerprint density at radius 2 is 1.79 bits per heavy atom. The molecule has 1 aromatic heterocycles. The van der Waals surface area contributed by atoms with E-state index in [0.29, 0.717) is 37.3 Å². The smallest absolute Gasteiger partial charge is 0.253 e. The lowest BCUT2D eigenvalue weighted by Gasteiger charge is -2.34. The van der Waals surface area contributed by atoms with Crippen LogP contribution in [0.2, 0.25) is 0 Å². The van der Waals surface area contributed by atoms with E-state index in [1.165, 1.54) is 29.5 Å². The predicted molar refractivity (Wildman–Crippen MR) is 112 cm³/mol. The highest BCUT2D eigenvalue weighted by Gasteiger charge is 2.24. The lowest BCUT2D eigenvalue weighted by Crippen LogP contribution is -2.48. The second-order valence-electron chi connectivity index (χ2n) is 6.79. The van der Waals surface area contributed by atoms with Gasteiger partial charge < -0.3 is 9.80 Å². The maximum atomic E-state index is 13.9. The number of benzene rings is 2. The van der Waals surface area contributed by atoms with E-state index in [2.05, 4.69) is 9.88 Å². The van der Waals surface area contributed by atoms with Crippen LogP contribution in [0.4, 0.5) is 9.52 Å². The fraction of sp³-hybridized carbons (Fsp3) is 0.300. The Bertz CT molecular complexity index is 1150. The molecule has 29 heavy (non-hydrogen) atoms. The first kappa shape index (κ1) is 19.8. The number of rotatable bonds is 4.